The summed E-state index contributed by atoms with van der Waals surface area (Å²) in [7, 11) is -1.50. The molecule has 7 heteroatoms. The van der Waals surface area contributed by atoms with Crippen molar-refractivity contribution in [3.05, 3.63) is 48.0 Å². The van der Waals surface area contributed by atoms with E-state index in [2.05, 4.69) is 4.90 Å². The van der Waals surface area contributed by atoms with Gasteiger partial charge in [-0.1, -0.05) is 0 Å². The number of piperidine rings is 1. The molecule has 0 aliphatic carbocycles. The predicted octanol–water partition coefficient (Wildman–Crippen LogP) is 3.19. The number of furan rings is 1. The Morgan fingerprint density at radius 2 is 1.96 bits per heavy atom. The lowest BCUT2D eigenvalue weighted by atomic mass is 9.98. The van der Waals surface area contributed by atoms with Crippen LogP contribution >= 0.6 is 0 Å². The number of hydrogen-bond acceptors (Lipinski definition) is 4. The van der Waals surface area contributed by atoms with Crippen LogP contribution in [0.1, 0.15) is 18.6 Å². The highest BCUT2D eigenvalue weighted by molar-refractivity contribution is 7.88. The van der Waals surface area contributed by atoms with Crippen LogP contribution in [0.15, 0.2) is 40.8 Å². The largest absolute Gasteiger partial charge is 0.460 e. The van der Waals surface area contributed by atoms with E-state index in [-0.39, 0.29) is 5.82 Å². The van der Waals surface area contributed by atoms with Crippen molar-refractivity contribution >= 4 is 10.0 Å². The molecule has 1 aliphatic heterocycles. The Morgan fingerprint density at radius 3 is 2.65 bits per heavy atom. The summed E-state index contributed by atoms with van der Waals surface area (Å²) in [5.74, 6) is 1.65. The van der Waals surface area contributed by atoms with Gasteiger partial charge < -0.3 is 4.42 Å². The second-order valence-electron chi connectivity index (χ2n) is 7.06. The first-order valence-corrected chi connectivity index (χ1v) is 10.6. The third-order valence-electron chi connectivity index (χ3n) is 4.85. The minimum atomic E-state index is -3.14. The molecule has 1 atom stereocenters. The molecule has 0 saturated carbocycles. The van der Waals surface area contributed by atoms with E-state index in [1.165, 1.54) is 22.7 Å². The summed E-state index contributed by atoms with van der Waals surface area (Å²) < 4.78 is 43.6. The van der Waals surface area contributed by atoms with Crippen LogP contribution in [0.25, 0.3) is 11.3 Å². The zero-order valence-electron chi connectivity index (χ0n) is 15.2. The fraction of sp³-hybridized carbons (Fsp3) is 0.474. The first kappa shape index (κ1) is 19.1. The predicted molar refractivity (Wildman–Crippen MR) is 99.6 cm³/mol. The monoisotopic (exact) mass is 380 g/mol. The van der Waals surface area contributed by atoms with Gasteiger partial charge in [0.1, 0.15) is 17.3 Å². The molecule has 0 N–H and O–H groups in total. The van der Waals surface area contributed by atoms with E-state index in [4.69, 9.17) is 4.42 Å². The molecule has 0 radical (unpaired) electrons. The summed E-state index contributed by atoms with van der Waals surface area (Å²) in [6.07, 6.45) is 3.33. The zero-order valence-corrected chi connectivity index (χ0v) is 16.0. The van der Waals surface area contributed by atoms with Gasteiger partial charge in [0.25, 0.3) is 0 Å². The first-order valence-electron chi connectivity index (χ1n) is 8.79. The van der Waals surface area contributed by atoms with Crippen molar-refractivity contribution in [3.8, 4) is 11.3 Å². The lowest BCUT2D eigenvalue weighted by Crippen LogP contribution is -2.40. The Hall–Kier alpha value is -1.70. The van der Waals surface area contributed by atoms with Gasteiger partial charge >= 0.3 is 0 Å². The molecular formula is C19H25FN2O3S. The van der Waals surface area contributed by atoms with E-state index in [0.29, 0.717) is 19.0 Å². The van der Waals surface area contributed by atoms with Gasteiger partial charge in [-0.05, 0) is 61.7 Å². The number of rotatable bonds is 6. The van der Waals surface area contributed by atoms with E-state index < -0.39 is 10.0 Å². The van der Waals surface area contributed by atoms with Crippen LogP contribution in [0.4, 0.5) is 4.39 Å². The van der Waals surface area contributed by atoms with Crippen LogP contribution in [0.3, 0.4) is 0 Å². The van der Waals surface area contributed by atoms with Crippen molar-refractivity contribution in [2.45, 2.75) is 19.4 Å². The van der Waals surface area contributed by atoms with Crippen LogP contribution in [0, 0.1) is 11.7 Å². The highest BCUT2D eigenvalue weighted by atomic mass is 32.2. The van der Waals surface area contributed by atoms with E-state index in [1.54, 1.807) is 19.2 Å². The van der Waals surface area contributed by atoms with Crippen LogP contribution in [-0.2, 0) is 16.6 Å². The van der Waals surface area contributed by atoms with Crippen molar-refractivity contribution in [1.29, 1.82) is 0 Å². The number of sulfonamides is 1. The van der Waals surface area contributed by atoms with Crippen molar-refractivity contribution in [1.82, 2.24) is 9.21 Å². The number of benzene rings is 1. The minimum absolute atomic E-state index is 0.265. The summed E-state index contributed by atoms with van der Waals surface area (Å²) in [4.78, 5) is 2.30. The molecule has 0 bridgehead atoms. The SMILES string of the molecule is CN(CC1CCCN(Cc2ccc(-c3ccc(F)cc3)o2)C1)S(C)(=O)=O. The maximum atomic E-state index is 13.0. The Labute approximate surface area is 154 Å². The van der Waals surface area contributed by atoms with Crippen molar-refractivity contribution in [2.24, 2.45) is 5.92 Å². The van der Waals surface area contributed by atoms with Gasteiger partial charge in [-0.15, -0.1) is 0 Å². The lowest BCUT2D eigenvalue weighted by molar-refractivity contribution is 0.146. The molecule has 1 fully saturated rings. The van der Waals surface area contributed by atoms with Gasteiger partial charge in [-0.2, -0.15) is 0 Å². The van der Waals surface area contributed by atoms with Gasteiger partial charge in [0.05, 0.1) is 12.8 Å². The number of hydrogen-bond donors (Lipinski definition) is 0. The Morgan fingerprint density at radius 1 is 1.23 bits per heavy atom. The Balaban J connectivity index is 1.59. The average molecular weight is 380 g/mol. The van der Waals surface area contributed by atoms with Crippen LogP contribution < -0.4 is 0 Å². The first-order chi connectivity index (χ1) is 12.3. The van der Waals surface area contributed by atoms with Crippen LogP contribution in [0.2, 0.25) is 0 Å². The van der Waals surface area contributed by atoms with Crippen LogP contribution in [-0.4, -0.2) is 50.6 Å². The van der Waals surface area contributed by atoms with E-state index >= 15 is 0 Å². The summed E-state index contributed by atoms with van der Waals surface area (Å²) >= 11 is 0. The molecule has 1 aliphatic rings. The molecule has 0 spiro atoms. The summed E-state index contributed by atoms with van der Waals surface area (Å²) in [5.41, 5.74) is 0.851. The normalized spacial score (nSPS) is 19.2. The molecule has 1 aromatic carbocycles. The summed E-state index contributed by atoms with van der Waals surface area (Å²) in [5, 5.41) is 0. The molecule has 1 aromatic heterocycles. The fourth-order valence-corrected chi connectivity index (χ4v) is 3.88. The summed E-state index contributed by atoms with van der Waals surface area (Å²) in [6, 6.07) is 10.1. The standard InChI is InChI=1S/C19H25FN2O3S/c1-21(26(2,23)24)12-15-4-3-11-22(13-15)14-18-9-10-19(25-18)16-5-7-17(20)8-6-16/h5-10,15H,3-4,11-14H2,1-2H3. The van der Waals surface area contributed by atoms with Crippen molar-refractivity contribution < 1.29 is 17.2 Å². The maximum absolute atomic E-state index is 13.0. The quantitative estimate of drug-likeness (QED) is 0.772. The van der Waals surface area contributed by atoms with Crippen molar-refractivity contribution in [3.63, 3.8) is 0 Å². The molecule has 5 nitrogen and oxygen atoms in total. The molecular weight excluding hydrogens is 355 g/mol. The average Bonchev–Trinajstić information content (AvgIpc) is 3.03. The van der Waals surface area contributed by atoms with Gasteiger partial charge in [-0.25, -0.2) is 17.1 Å². The lowest BCUT2D eigenvalue weighted by Gasteiger charge is -2.33. The van der Waals surface area contributed by atoms with Gasteiger partial charge in [0.2, 0.25) is 10.0 Å². The van der Waals surface area contributed by atoms with Gasteiger partial charge in [-0.3, -0.25) is 4.90 Å². The van der Waals surface area contributed by atoms with E-state index in [1.807, 2.05) is 12.1 Å². The molecule has 0 amide bonds. The highest BCUT2D eigenvalue weighted by Gasteiger charge is 2.24. The third kappa shape index (κ3) is 4.93. The zero-order chi connectivity index (χ0) is 18.7. The number of nitrogens with zero attached hydrogens (tertiary/aromatic N) is 2. The Bertz CT molecular complexity index is 833. The second-order valence-corrected chi connectivity index (χ2v) is 9.15. The highest BCUT2D eigenvalue weighted by Crippen LogP contribution is 2.25. The summed E-state index contributed by atoms with van der Waals surface area (Å²) in [6.45, 7) is 3.08. The van der Waals surface area contributed by atoms with Crippen LogP contribution in [0.5, 0.6) is 0 Å². The molecule has 2 heterocycles. The molecule has 1 unspecified atom stereocenters. The smallest absolute Gasteiger partial charge is 0.210 e. The molecule has 2 aromatic rings. The fourth-order valence-electron chi connectivity index (χ4n) is 3.40. The minimum Gasteiger partial charge on any atom is -0.460 e. The molecule has 26 heavy (non-hydrogen) atoms. The third-order valence-corrected chi connectivity index (χ3v) is 6.14. The van der Waals surface area contributed by atoms with E-state index in [9.17, 15) is 12.8 Å². The van der Waals surface area contributed by atoms with Gasteiger partial charge in [0, 0.05) is 25.7 Å². The molecule has 3 rings (SSSR count). The van der Waals surface area contributed by atoms with Gasteiger partial charge in [0.15, 0.2) is 0 Å². The number of halogens is 1. The maximum Gasteiger partial charge on any atom is 0.210 e. The van der Waals surface area contributed by atoms with E-state index in [0.717, 1.165) is 43.0 Å². The second kappa shape index (κ2) is 7.90. The molecule has 142 valence electrons. The topological polar surface area (TPSA) is 53.8 Å². The van der Waals surface area contributed by atoms with Crippen molar-refractivity contribution in [2.75, 3.05) is 32.9 Å². The molecule has 1 saturated heterocycles. The Kier molecular flexibility index (Phi) is 5.79. The number of likely N-dealkylation sites (tertiary alicyclic amines) is 1.